The topological polar surface area (TPSA) is 75.7 Å². The van der Waals surface area contributed by atoms with Crippen LogP contribution in [0.15, 0.2) is 18.3 Å². The average Bonchev–Trinajstić information content (AvgIpc) is 3.14. The number of amides is 2. The fraction of sp³-hybridized carbons (Fsp3) is 0.700. The molecule has 3 aliphatic rings. The van der Waals surface area contributed by atoms with Crippen LogP contribution in [-0.2, 0) is 11.3 Å². The second kappa shape index (κ2) is 8.44. The van der Waals surface area contributed by atoms with Crippen LogP contribution in [0.25, 0.3) is 0 Å². The van der Waals surface area contributed by atoms with Gasteiger partial charge in [0.25, 0.3) is 0 Å². The molecule has 0 bridgehead atoms. The third kappa shape index (κ3) is 4.71. The van der Waals surface area contributed by atoms with Crippen LogP contribution in [0.4, 0.5) is 4.79 Å². The summed E-state index contributed by atoms with van der Waals surface area (Å²) in [6.45, 7) is 5.80. The maximum absolute atomic E-state index is 12.6. The number of rotatable bonds is 4. The third-order valence-corrected chi connectivity index (χ3v) is 5.98. The largest absolute Gasteiger partial charge is 0.474 e. The summed E-state index contributed by atoms with van der Waals surface area (Å²) in [6.07, 6.45) is 7.20. The number of carbonyl (C=O) groups excluding carboxylic acids is 1. The zero-order valence-electron chi connectivity index (χ0n) is 15.9. The third-order valence-electron chi connectivity index (χ3n) is 5.98. The molecule has 7 nitrogen and oxygen atoms in total. The number of nitrogens with one attached hydrogen (secondary N) is 2. The molecule has 0 radical (unpaired) electrons. The highest BCUT2D eigenvalue weighted by atomic mass is 16.5. The number of pyridine rings is 1. The highest BCUT2D eigenvalue weighted by Crippen LogP contribution is 2.35. The van der Waals surface area contributed by atoms with Crippen molar-refractivity contribution in [3.63, 3.8) is 0 Å². The van der Waals surface area contributed by atoms with Gasteiger partial charge in [0.1, 0.15) is 6.10 Å². The van der Waals surface area contributed by atoms with Gasteiger partial charge < -0.3 is 25.0 Å². The molecule has 148 valence electrons. The molecule has 4 rings (SSSR count). The van der Waals surface area contributed by atoms with Gasteiger partial charge in [-0.05, 0) is 37.4 Å². The van der Waals surface area contributed by atoms with Crippen molar-refractivity contribution in [3.05, 3.63) is 23.9 Å². The van der Waals surface area contributed by atoms with Crippen LogP contribution in [0.1, 0.15) is 37.7 Å². The minimum atomic E-state index is 0.0321. The van der Waals surface area contributed by atoms with Crippen molar-refractivity contribution in [2.24, 2.45) is 5.41 Å². The van der Waals surface area contributed by atoms with E-state index in [1.54, 1.807) is 6.20 Å². The first kappa shape index (κ1) is 18.5. The maximum atomic E-state index is 12.6. The Bertz CT molecular complexity index is 642. The van der Waals surface area contributed by atoms with E-state index < -0.39 is 0 Å². The number of likely N-dealkylation sites (tertiary alicyclic amines) is 1. The van der Waals surface area contributed by atoms with Gasteiger partial charge in [0, 0.05) is 56.7 Å². The molecular formula is C20H30N4O3. The summed E-state index contributed by atoms with van der Waals surface area (Å²) in [5.41, 5.74) is 1.30. The molecule has 0 aliphatic carbocycles. The quantitative estimate of drug-likeness (QED) is 0.842. The second-order valence-electron chi connectivity index (χ2n) is 8.04. The molecule has 3 aliphatic heterocycles. The summed E-state index contributed by atoms with van der Waals surface area (Å²) in [4.78, 5) is 18.9. The van der Waals surface area contributed by atoms with Crippen LogP contribution in [-0.4, -0.2) is 61.4 Å². The van der Waals surface area contributed by atoms with Crippen LogP contribution in [0, 0.1) is 5.41 Å². The first-order chi connectivity index (χ1) is 13.2. The Morgan fingerprint density at radius 2 is 2.30 bits per heavy atom. The normalized spacial score (nSPS) is 26.3. The standard InChI is InChI=1S/C20H30N4O3/c25-19(24-9-1-5-20(15-24)6-8-21-14-20)23-13-16-2-7-22-18(12-16)27-17-3-10-26-11-4-17/h2,7,12,17,21H,1,3-6,8-11,13-15H2,(H,23,25). The Hall–Kier alpha value is -1.86. The van der Waals surface area contributed by atoms with E-state index in [2.05, 4.69) is 15.6 Å². The van der Waals surface area contributed by atoms with E-state index in [9.17, 15) is 4.79 Å². The molecule has 27 heavy (non-hydrogen) atoms. The smallest absolute Gasteiger partial charge is 0.317 e. The summed E-state index contributed by atoms with van der Waals surface area (Å²) >= 11 is 0. The SMILES string of the molecule is O=C(NCc1ccnc(OC2CCOCC2)c1)N1CCCC2(CCNC2)C1. The van der Waals surface area contributed by atoms with Crippen LogP contribution in [0.2, 0.25) is 0 Å². The molecule has 0 aromatic carbocycles. The van der Waals surface area contributed by atoms with Gasteiger partial charge in [0.2, 0.25) is 5.88 Å². The number of ether oxygens (including phenoxy) is 2. The van der Waals surface area contributed by atoms with Crippen molar-refractivity contribution in [1.29, 1.82) is 0 Å². The number of urea groups is 1. The molecular weight excluding hydrogens is 344 g/mol. The Kier molecular flexibility index (Phi) is 5.78. The monoisotopic (exact) mass is 374 g/mol. The summed E-state index contributed by atoms with van der Waals surface area (Å²) < 4.78 is 11.3. The van der Waals surface area contributed by atoms with Gasteiger partial charge in [-0.25, -0.2) is 9.78 Å². The Labute approximate surface area is 160 Å². The minimum Gasteiger partial charge on any atom is -0.474 e. The minimum absolute atomic E-state index is 0.0321. The van der Waals surface area contributed by atoms with Crippen molar-refractivity contribution in [1.82, 2.24) is 20.5 Å². The lowest BCUT2D eigenvalue weighted by Crippen LogP contribution is -2.50. The molecule has 3 saturated heterocycles. The predicted octanol–water partition coefficient (Wildman–Crippen LogP) is 1.92. The molecule has 1 unspecified atom stereocenters. The van der Waals surface area contributed by atoms with Gasteiger partial charge in [-0.3, -0.25) is 0 Å². The Balaban J connectivity index is 1.29. The first-order valence-corrected chi connectivity index (χ1v) is 10.2. The fourth-order valence-electron chi connectivity index (χ4n) is 4.40. The van der Waals surface area contributed by atoms with Crippen LogP contribution >= 0.6 is 0 Å². The number of piperidine rings is 1. The maximum Gasteiger partial charge on any atom is 0.317 e. The van der Waals surface area contributed by atoms with Gasteiger partial charge in [-0.15, -0.1) is 0 Å². The number of aromatic nitrogens is 1. The molecule has 0 saturated carbocycles. The van der Waals surface area contributed by atoms with E-state index in [4.69, 9.17) is 9.47 Å². The van der Waals surface area contributed by atoms with Crippen LogP contribution < -0.4 is 15.4 Å². The van der Waals surface area contributed by atoms with Gasteiger partial charge >= 0.3 is 6.03 Å². The lowest BCUT2D eigenvalue weighted by Gasteiger charge is -2.39. The second-order valence-corrected chi connectivity index (χ2v) is 8.04. The van der Waals surface area contributed by atoms with E-state index in [0.717, 1.165) is 64.2 Å². The first-order valence-electron chi connectivity index (χ1n) is 10.2. The van der Waals surface area contributed by atoms with E-state index in [1.807, 2.05) is 17.0 Å². The molecule has 3 fully saturated rings. The Morgan fingerprint density at radius 1 is 1.41 bits per heavy atom. The summed E-state index contributed by atoms with van der Waals surface area (Å²) in [7, 11) is 0. The zero-order valence-corrected chi connectivity index (χ0v) is 15.9. The van der Waals surface area contributed by atoms with E-state index in [1.165, 1.54) is 12.8 Å². The lowest BCUT2D eigenvalue weighted by molar-refractivity contribution is 0.0237. The lowest BCUT2D eigenvalue weighted by atomic mass is 9.79. The summed E-state index contributed by atoms with van der Waals surface area (Å²) in [5.74, 6) is 0.627. The number of nitrogens with zero attached hydrogens (tertiary/aromatic N) is 2. The molecule has 1 spiro atoms. The van der Waals surface area contributed by atoms with Crippen molar-refractivity contribution in [2.75, 3.05) is 39.4 Å². The summed E-state index contributed by atoms with van der Waals surface area (Å²) in [6, 6.07) is 3.88. The van der Waals surface area contributed by atoms with Crippen molar-refractivity contribution >= 4 is 6.03 Å². The van der Waals surface area contributed by atoms with E-state index >= 15 is 0 Å². The molecule has 1 aromatic heterocycles. The molecule has 7 heteroatoms. The van der Waals surface area contributed by atoms with Crippen molar-refractivity contribution < 1.29 is 14.3 Å². The molecule has 1 aromatic rings. The van der Waals surface area contributed by atoms with Gasteiger partial charge in [-0.1, -0.05) is 0 Å². The van der Waals surface area contributed by atoms with E-state index in [0.29, 0.717) is 12.4 Å². The fourth-order valence-corrected chi connectivity index (χ4v) is 4.40. The zero-order chi connectivity index (χ0) is 18.5. The number of hydrogen-bond donors (Lipinski definition) is 2. The molecule has 2 amide bonds. The molecule has 1 atom stereocenters. The molecule has 4 heterocycles. The van der Waals surface area contributed by atoms with Crippen molar-refractivity contribution in [3.8, 4) is 5.88 Å². The Morgan fingerprint density at radius 3 is 3.11 bits per heavy atom. The van der Waals surface area contributed by atoms with Crippen molar-refractivity contribution in [2.45, 2.75) is 44.8 Å². The van der Waals surface area contributed by atoms with Gasteiger partial charge in [0.15, 0.2) is 0 Å². The average molecular weight is 374 g/mol. The van der Waals surface area contributed by atoms with Gasteiger partial charge in [0.05, 0.1) is 13.2 Å². The van der Waals surface area contributed by atoms with Crippen LogP contribution in [0.3, 0.4) is 0 Å². The highest BCUT2D eigenvalue weighted by Gasteiger charge is 2.39. The molecule has 2 N–H and O–H groups in total. The van der Waals surface area contributed by atoms with Crippen LogP contribution in [0.5, 0.6) is 5.88 Å². The number of carbonyl (C=O) groups is 1. The predicted molar refractivity (Wildman–Crippen MR) is 102 cm³/mol. The summed E-state index contributed by atoms with van der Waals surface area (Å²) in [5, 5.41) is 6.52. The number of hydrogen-bond acceptors (Lipinski definition) is 5. The highest BCUT2D eigenvalue weighted by molar-refractivity contribution is 5.74. The van der Waals surface area contributed by atoms with E-state index in [-0.39, 0.29) is 17.6 Å². The van der Waals surface area contributed by atoms with Gasteiger partial charge in [-0.2, -0.15) is 0 Å².